The molecule has 1 N–H and O–H groups in total. The number of amides is 2. The molecule has 1 aliphatic heterocycles. The van der Waals surface area contributed by atoms with Gasteiger partial charge >= 0.3 is 18.0 Å². The molecule has 0 saturated carbocycles. The van der Waals surface area contributed by atoms with Crippen LogP contribution < -0.4 is 5.32 Å². The topological polar surface area (TPSA) is 154 Å². The summed E-state index contributed by atoms with van der Waals surface area (Å²) in [5.41, 5.74) is -2.30. The molecule has 0 aliphatic carbocycles. The number of nitrogens with zero attached hydrogens (tertiary/aromatic N) is 2. The Balaban J connectivity index is 3.09. The van der Waals surface area contributed by atoms with Crippen LogP contribution >= 0.6 is 0 Å². The van der Waals surface area contributed by atoms with Gasteiger partial charge in [0.25, 0.3) is 0 Å². The first-order valence-corrected chi connectivity index (χ1v) is 10.3. The number of ether oxygens (including phenoxy) is 3. The largest absolute Gasteiger partial charge is 0.469 e. The van der Waals surface area contributed by atoms with E-state index in [0.717, 1.165) is 14.2 Å². The van der Waals surface area contributed by atoms with Gasteiger partial charge in [0.2, 0.25) is 11.4 Å². The van der Waals surface area contributed by atoms with Gasteiger partial charge in [-0.15, -0.1) is 0 Å². The van der Waals surface area contributed by atoms with Crippen molar-refractivity contribution in [3.05, 3.63) is 10.1 Å². The second kappa shape index (κ2) is 11.1. The predicted molar refractivity (Wildman–Crippen MR) is 111 cm³/mol. The summed E-state index contributed by atoms with van der Waals surface area (Å²) >= 11 is 0. The highest BCUT2D eigenvalue weighted by molar-refractivity contribution is 5.82. The summed E-state index contributed by atoms with van der Waals surface area (Å²) < 4.78 is 14.7. The maximum Gasteiger partial charge on any atom is 0.408 e. The van der Waals surface area contributed by atoms with Gasteiger partial charge < -0.3 is 24.4 Å². The Hall–Kier alpha value is -2.92. The van der Waals surface area contributed by atoms with Crippen LogP contribution in [0.2, 0.25) is 0 Å². The van der Waals surface area contributed by atoms with E-state index >= 15 is 0 Å². The number of nitrogens with one attached hydrogen (secondary N) is 1. The van der Waals surface area contributed by atoms with Crippen molar-refractivity contribution in [2.45, 2.75) is 70.6 Å². The van der Waals surface area contributed by atoms with Gasteiger partial charge in [0.05, 0.1) is 20.1 Å². The smallest absolute Gasteiger partial charge is 0.408 e. The molecular weight excluding hydrogens is 426 g/mol. The van der Waals surface area contributed by atoms with Crippen molar-refractivity contribution < 1.29 is 38.3 Å². The van der Waals surface area contributed by atoms with Crippen LogP contribution in [0.15, 0.2) is 0 Å². The fourth-order valence-electron chi connectivity index (χ4n) is 3.68. The number of esters is 2. The van der Waals surface area contributed by atoms with E-state index in [0.29, 0.717) is 0 Å². The van der Waals surface area contributed by atoms with E-state index in [1.54, 1.807) is 20.8 Å². The van der Waals surface area contributed by atoms with Gasteiger partial charge in [0, 0.05) is 44.2 Å². The molecular formula is C20H33N3O9. The van der Waals surface area contributed by atoms with Gasteiger partial charge in [-0.3, -0.25) is 19.7 Å². The zero-order valence-corrected chi connectivity index (χ0v) is 19.5. The lowest BCUT2D eigenvalue weighted by Crippen LogP contribution is -2.53. The predicted octanol–water partition coefficient (Wildman–Crippen LogP) is 1.28. The Morgan fingerprint density at radius 3 is 2.03 bits per heavy atom. The number of likely N-dealkylation sites (tertiary alicyclic amines) is 1. The van der Waals surface area contributed by atoms with E-state index in [2.05, 4.69) is 5.32 Å². The van der Waals surface area contributed by atoms with Gasteiger partial charge in [0.15, 0.2) is 0 Å². The van der Waals surface area contributed by atoms with Crippen LogP contribution in [0.4, 0.5) is 4.79 Å². The van der Waals surface area contributed by atoms with Gasteiger partial charge in [-0.1, -0.05) is 0 Å². The Bertz CT molecular complexity index is 724. The zero-order valence-electron chi connectivity index (χ0n) is 19.5. The van der Waals surface area contributed by atoms with Crippen LogP contribution in [-0.2, 0) is 28.6 Å². The van der Waals surface area contributed by atoms with Crippen molar-refractivity contribution in [3.8, 4) is 0 Å². The normalized spacial score (nSPS) is 17.5. The van der Waals surface area contributed by atoms with Crippen molar-refractivity contribution in [2.75, 3.05) is 27.3 Å². The Kier molecular flexibility index (Phi) is 9.40. The number of carbonyl (C=O) groups excluding carboxylic acids is 4. The highest BCUT2D eigenvalue weighted by Crippen LogP contribution is 2.34. The molecule has 0 aromatic carbocycles. The second-order valence-electron chi connectivity index (χ2n) is 8.87. The Morgan fingerprint density at radius 2 is 1.62 bits per heavy atom. The summed E-state index contributed by atoms with van der Waals surface area (Å²) in [4.78, 5) is 61.6. The van der Waals surface area contributed by atoms with E-state index in [9.17, 15) is 29.3 Å². The maximum absolute atomic E-state index is 12.5. The quantitative estimate of drug-likeness (QED) is 0.244. The lowest BCUT2D eigenvalue weighted by Gasteiger charge is -2.37. The molecule has 1 saturated heterocycles. The van der Waals surface area contributed by atoms with E-state index in [-0.39, 0.29) is 44.7 Å². The molecule has 0 aromatic rings. The van der Waals surface area contributed by atoms with E-state index in [1.807, 2.05) is 0 Å². The summed E-state index contributed by atoms with van der Waals surface area (Å²) in [6.45, 7) is 6.68. The summed E-state index contributed by atoms with van der Waals surface area (Å²) in [5.74, 6) is -2.83. The van der Waals surface area contributed by atoms with Crippen LogP contribution in [0.1, 0.15) is 53.4 Å². The van der Waals surface area contributed by atoms with E-state index in [4.69, 9.17) is 14.2 Å². The van der Waals surface area contributed by atoms with Crippen molar-refractivity contribution in [3.63, 3.8) is 0 Å². The summed E-state index contributed by atoms with van der Waals surface area (Å²) in [5, 5.41) is 14.3. The fourth-order valence-corrected chi connectivity index (χ4v) is 3.68. The minimum Gasteiger partial charge on any atom is -0.469 e. The monoisotopic (exact) mass is 459 g/mol. The standard InChI is InChI=1S/C20H33N3O9/c1-13(24)22-9-7-20(8-10-22,23(28)29)12-14(16(25)30-5)11-15(17(26)31-6)21-18(27)32-19(2,3)4/h14-15H,7-12H2,1-6H3,(H,21,27)/t14?,15-/m0/s1. The van der Waals surface area contributed by atoms with Crippen LogP contribution in [0.25, 0.3) is 0 Å². The molecule has 12 heteroatoms. The number of rotatable bonds is 8. The van der Waals surface area contributed by atoms with Gasteiger partial charge in [-0.05, 0) is 27.2 Å². The number of methoxy groups -OCH3 is 2. The molecule has 0 spiro atoms. The minimum absolute atomic E-state index is 0.0511. The SMILES string of the molecule is COC(=O)C(C[C@H](NC(=O)OC(C)(C)C)C(=O)OC)CC1([N+](=O)[O-])CCN(C(C)=O)CC1. The first-order chi connectivity index (χ1) is 14.7. The van der Waals surface area contributed by atoms with Crippen LogP contribution in [0.5, 0.6) is 0 Å². The van der Waals surface area contributed by atoms with Crippen molar-refractivity contribution in [1.29, 1.82) is 0 Å². The average molecular weight is 459 g/mol. The molecule has 0 aromatic heterocycles. The first kappa shape index (κ1) is 27.1. The first-order valence-electron chi connectivity index (χ1n) is 10.3. The van der Waals surface area contributed by atoms with Gasteiger partial charge in [-0.2, -0.15) is 0 Å². The van der Waals surface area contributed by atoms with Crippen LogP contribution in [-0.4, -0.2) is 78.3 Å². The number of carbonyl (C=O) groups is 4. The molecule has 1 rings (SSSR count). The Morgan fingerprint density at radius 1 is 1.09 bits per heavy atom. The third kappa shape index (κ3) is 7.65. The summed E-state index contributed by atoms with van der Waals surface area (Å²) in [6.07, 6.45) is -1.28. The van der Waals surface area contributed by atoms with Crippen LogP contribution in [0, 0.1) is 16.0 Å². The molecule has 0 radical (unpaired) electrons. The number of hydrogen-bond acceptors (Lipinski definition) is 9. The van der Waals surface area contributed by atoms with Crippen molar-refractivity contribution >= 4 is 23.9 Å². The molecule has 182 valence electrons. The molecule has 2 atom stereocenters. The lowest BCUT2D eigenvalue weighted by molar-refractivity contribution is -0.577. The fraction of sp³-hybridized carbons (Fsp3) is 0.800. The molecule has 1 heterocycles. The van der Waals surface area contributed by atoms with Crippen molar-refractivity contribution in [2.24, 2.45) is 5.92 Å². The molecule has 1 aliphatic rings. The van der Waals surface area contributed by atoms with E-state index in [1.165, 1.54) is 11.8 Å². The summed E-state index contributed by atoms with van der Waals surface area (Å²) in [7, 11) is 2.26. The van der Waals surface area contributed by atoms with Crippen LogP contribution in [0.3, 0.4) is 0 Å². The van der Waals surface area contributed by atoms with E-state index < -0.39 is 46.1 Å². The molecule has 12 nitrogen and oxygen atoms in total. The highest BCUT2D eigenvalue weighted by atomic mass is 16.6. The Labute approximate surface area is 187 Å². The van der Waals surface area contributed by atoms with Crippen molar-refractivity contribution in [1.82, 2.24) is 10.2 Å². The highest BCUT2D eigenvalue weighted by Gasteiger charge is 2.49. The van der Waals surface area contributed by atoms with Gasteiger partial charge in [-0.25, -0.2) is 9.59 Å². The number of piperidine rings is 1. The summed E-state index contributed by atoms with van der Waals surface area (Å²) in [6, 6.07) is -1.28. The molecule has 1 fully saturated rings. The van der Waals surface area contributed by atoms with Gasteiger partial charge in [0.1, 0.15) is 11.6 Å². The third-order valence-corrected chi connectivity index (χ3v) is 5.38. The maximum atomic E-state index is 12.5. The minimum atomic E-state index is -1.47. The molecule has 32 heavy (non-hydrogen) atoms. The third-order valence-electron chi connectivity index (χ3n) is 5.38. The zero-order chi connectivity index (χ0) is 24.7. The second-order valence-corrected chi connectivity index (χ2v) is 8.87. The molecule has 0 bridgehead atoms. The molecule has 1 unspecified atom stereocenters. The number of hydrogen-bond donors (Lipinski definition) is 1. The molecule has 2 amide bonds. The average Bonchev–Trinajstić information content (AvgIpc) is 2.70. The number of alkyl carbamates (subject to hydrolysis) is 1. The lowest BCUT2D eigenvalue weighted by atomic mass is 9.78. The number of nitro groups is 1.